The van der Waals surface area contributed by atoms with Crippen LogP contribution in [0.4, 0.5) is 42.5 Å². The van der Waals surface area contributed by atoms with Gasteiger partial charge >= 0.3 is 24.2 Å². The second kappa shape index (κ2) is 31.2. The van der Waals surface area contributed by atoms with Crippen LogP contribution in [-0.2, 0) is 23.8 Å². The molecule has 4 aromatic rings. The number of nitrogens with zero attached hydrogens (tertiary/aromatic N) is 3. The Balaban J connectivity index is 2.03. The number of amides is 4. The van der Waals surface area contributed by atoms with Gasteiger partial charge in [0.25, 0.3) is 17.7 Å². The Morgan fingerprint density at radius 1 is 0.729 bits per heavy atom. The molecular weight excluding hydrogens is 1110 g/mol. The molecule has 1 aliphatic heterocycles. The number of aromatic carboxylic acids is 2. The van der Waals surface area contributed by atoms with Crippen LogP contribution in [0, 0.1) is 30.3 Å². The molecule has 466 valence electrons. The number of anilines is 2. The topological polar surface area (TPSA) is 250 Å². The zero-order chi connectivity index (χ0) is 63.0. The van der Waals surface area contributed by atoms with Crippen molar-refractivity contribution in [2.45, 2.75) is 137 Å². The average Bonchev–Trinajstić information content (AvgIpc) is 1.22. The number of carbonyl (C=O) groups excluding carboxylic acids is 4. The predicted octanol–water partition coefficient (Wildman–Crippen LogP) is 10.6. The number of nitrogens with two attached hydrogens (primary N) is 2. The van der Waals surface area contributed by atoms with Crippen LogP contribution in [0.25, 0.3) is 0 Å². The fraction of sp³-hybridized carbons (Fsp3) is 0.516. The molecule has 0 spiro atoms. The van der Waals surface area contributed by atoms with Crippen molar-refractivity contribution in [2.24, 2.45) is 17.4 Å². The minimum absolute atomic E-state index is 0.00951. The van der Waals surface area contributed by atoms with Crippen molar-refractivity contribution in [3.63, 3.8) is 0 Å². The number of benzene rings is 4. The van der Waals surface area contributed by atoms with E-state index in [9.17, 15) is 47.4 Å². The normalized spacial score (nSPS) is 14.5. The summed E-state index contributed by atoms with van der Waals surface area (Å²) in [7, 11) is 0. The minimum Gasteiger partial charge on any atom is -0.478 e. The molecule has 1 heterocycles. The number of nitrogens with one attached hydrogen (secondary N) is 3. The van der Waals surface area contributed by atoms with E-state index in [2.05, 4.69) is 16.0 Å². The summed E-state index contributed by atoms with van der Waals surface area (Å²) in [5.41, 5.74) is 8.69. The van der Waals surface area contributed by atoms with E-state index in [1.165, 1.54) is 21.6 Å². The Bertz CT molecular complexity index is 2970. The Morgan fingerprint density at radius 2 is 1.31 bits per heavy atom. The summed E-state index contributed by atoms with van der Waals surface area (Å²) in [6.07, 6.45) is -4.59. The third-order valence-electron chi connectivity index (χ3n) is 15.1. The number of hydrogen-bond donors (Lipinski definition) is 7. The number of ether oxygens (including phenoxy) is 1. The van der Waals surface area contributed by atoms with E-state index in [1.807, 2.05) is 41.5 Å². The molecule has 23 heteroatoms. The van der Waals surface area contributed by atoms with Gasteiger partial charge in [-0.1, -0.05) is 41.5 Å². The van der Waals surface area contributed by atoms with Crippen molar-refractivity contribution in [3.8, 4) is 0 Å². The first-order valence-electron chi connectivity index (χ1n) is 29.1. The van der Waals surface area contributed by atoms with Crippen molar-refractivity contribution < 1.29 is 70.1 Å². The molecule has 1 aliphatic rings. The maximum absolute atomic E-state index is 16.1. The number of rotatable bonds is 33. The molecule has 1 unspecified atom stereocenters. The second-order valence-electron chi connectivity index (χ2n) is 22.1. The summed E-state index contributed by atoms with van der Waals surface area (Å²) >= 11 is 0. The highest BCUT2D eigenvalue weighted by molar-refractivity contribution is 6.12. The molecule has 0 saturated carbocycles. The molecule has 0 aromatic heterocycles. The maximum Gasteiger partial charge on any atom is 0.416 e. The van der Waals surface area contributed by atoms with E-state index >= 15 is 18.0 Å². The van der Waals surface area contributed by atoms with E-state index in [4.69, 9.17) is 16.2 Å². The zero-order valence-corrected chi connectivity index (χ0v) is 49.7. The van der Waals surface area contributed by atoms with Crippen molar-refractivity contribution in [3.05, 3.63) is 127 Å². The lowest BCUT2D eigenvalue weighted by Crippen LogP contribution is -2.41. The fourth-order valence-corrected chi connectivity index (χ4v) is 11.1. The van der Waals surface area contributed by atoms with Crippen LogP contribution < -0.4 is 27.4 Å². The molecule has 1 saturated heterocycles. The molecule has 85 heavy (non-hydrogen) atoms. The lowest BCUT2D eigenvalue weighted by molar-refractivity contribution is -0.137. The van der Waals surface area contributed by atoms with Crippen molar-refractivity contribution in [1.82, 2.24) is 25.3 Å². The number of carboxylic acids is 2. The highest BCUT2D eigenvalue weighted by atomic mass is 19.4. The van der Waals surface area contributed by atoms with Gasteiger partial charge in [0.05, 0.1) is 45.7 Å². The van der Waals surface area contributed by atoms with E-state index in [-0.39, 0.29) is 116 Å². The number of primary amides is 1. The zero-order valence-electron chi connectivity index (χ0n) is 49.7. The van der Waals surface area contributed by atoms with E-state index in [1.54, 1.807) is 6.92 Å². The van der Waals surface area contributed by atoms with Crippen LogP contribution in [0.1, 0.15) is 184 Å². The first kappa shape index (κ1) is 68.5. The third kappa shape index (κ3) is 17.9. The number of hydrogen-bond acceptors (Lipinski definition) is 11. The Hall–Kier alpha value is -7.24. The number of carboxylic acid groups (broad SMARTS) is 2. The van der Waals surface area contributed by atoms with Crippen molar-refractivity contribution in [1.29, 1.82) is 0 Å². The van der Waals surface area contributed by atoms with Gasteiger partial charge in [-0.05, 0) is 154 Å². The van der Waals surface area contributed by atoms with Gasteiger partial charge in [0.2, 0.25) is 0 Å². The molecule has 9 N–H and O–H groups in total. The number of alkyl halides is 3. The van der Waals surface area contributed by atoms with Gasteiger partial charge in [0.1, 0.15) is 23.6 Å². The van der Waals surface area contributed by atoms with E-state index in [0.717, 1.165) is 36.4 Å². The highest BCUT2D eigenvalue weighted by Crippen LogP contribution is 2.45. The maximum atomic E-state index is 16.1. The molecular formula is C62H82F6N8O9. The van der Waals surface area contributed by atoms with Crippen molar-refractivity contribution in [2.75, 3.05) is 70.8 Å². The molecule has 4 amide bonds. The Kier molecular flexibility index (Phi) is 25.2. The van der Waals surface area contributed by atoms with Crippen LogP contribution in [0.3, 0.4) is 0 Å². The summed E-state index contributed by atoms with van der Waals surface area (Å²) in [4.78, 5) is 89.9. The summed E-state index contributed by atoms with van der Waals surface area (Å²) in [5, 5.41) is 32.8. The van der Waals surface area contributed by atoms with Crippen LogP contribution in [-0.4, -0.2) is 138 Å². The van der Waals surface area contributed by atoms with Gasteiger partial charge in [0, 0.05) is 75.9 Å². The van der Waals surface area contributed by atoms with Crippen molar-refractivity contribution >= 4 is 47.1 Å². The van der Waals surface area contributed by atoms with Crippen LogP contribution in [0.15, 0.2) is 48.5 Å². The molecule has 0 aliphatic carbocycles. The lowest BCUT2D eigenvalue weighted by atomic mass is 9.75. The molecule has 17 nitrogen and oxygen atoms in total. The van der Waals surface area contributed by atoms with Gasteiger partial charge in [-0.25, -0.2) is 27.6 Å². The Labute approximate surface area is 493 Å². The summed E-state index contributed by atoms with van der Waals surface area (Å²) in [6.45, 7) is 15.7. The van der Waals surface area contributed by atoms with Crippen LogP contribution in [0.2, 0.25) is 0 Å². The number of halogens is 6. The number of aryl methyl sites for hydroxylation is 1. The summed E-state index contributed by atoms with van der Waals surface area (Å²) in [5.74, 6) is -11.2. The van der Waals surface area contributed by atoms with Crippen LogP contribution >= 0.6 is 0 Å². The minimum atomic E-state index is -4.98. The fourth-order valence-electron chi connectivity index (χ4n) is 11.1. The predicted molar refractivity (Wildman–Crippen MR) is 312 cm³/mol. The van der Waals surface area contributed by atoms with Gasteiger partial charge in [-0.15, -0.1) is 0 Å². The van der Waals surface area contributed by atoms with Gasteiger partial charge in [0.15, 0.2) is 0 Å². The largest absolute Gasteiger partial charge is 0.478 e. The number of cyclic esters (lactones) is 1. The molecule has 4 aromatic carbocycles. The van der Waals surface area contributed by atoms with E-state index in [0.29, 0.717) is 57.3 Å². The Morgan fingerprint density at radius 3 is 1.84 bits per heavy atom. The van der Waals surface area contributed by atoms with E-state index < -0.39 is 118 Å². The molecule has 5 rings (SSSR count). The highest BCUT2D eigenvalue weighted by Gasteiger charge is 2.40. The monoisotopic (exact) mass is 1200 g/mol. The SMILES string of the molecule is CCCN(CCC)C(=O)c1cc(C(N)=O)c(Nc2c(C)c(C(CNCCC(C)C)[C@@H](N)Cc3cc(F)cc(C(F)(F)F)c3)c(C(=O)O)c([C@@H](CCc3cc(F)cc(F)c3)CNC[C@H]3CN(CC)C(=O)O3)c2C(=O)N(CCC)CCC)c(C(=O)O)c1. The molecule has 0 bridgehead atoms. The smallest absolute Gasteiger partial charge is 0.416 e. The second-order valence-corrected chi connectivity index (χ2v) is 22.1. The molecule has 0 radical (unpaired) electrons. The first-order chi connectivity index (χ1) is 40.2. The molecule has 1 fully saturated rings. The number of carbonyl (C=O) groups is 6. The van der Waals surface area contributed by atoms with Crippen LogP contribution in [0.5, 0.6) is 0 Å². The van der Waals surface area contributed by atoms with Gasteiger partial charge in [-0.2, -0.15) is 13.2 Å². The van der Waals surface area contributed by atoms with Gasteiger partial charge < -0.3 is 57.1 Å². The summed E-state index contributed by atoms with van der Waals surface area (Å²) in [6, 6.07) is 5.66. The molecule has 4 atom stereocenters. The lowest BCUT2D eigenvalue weighted by Gasteiger charge is -2.35. The third-order valence-corrected chi connectivity index (χ3v) is 15.1. The van der Waals surface area contributed by atoms with Gasteiger partial charge in [-0.3, -0.25) is 14.4 Å². The summed E-state index contributed by atoms with van der Waals surface area (Å²) < 4.78 is 93.6. The average molecular weight is 1200 g/mol. The number of likely N-dealkylation sites (N-methyl/N-ethyl adjacent to an activating group) is 1. The quantitative estimate of drug-likeness (QED) is 0.0173. The standard InChI is InChI=1S/C62H82F6N8O9/c1-9-18-75(19-10-2)57(78)40-27-46(56(70)77)55(47(28-40)59(80)81)73-54-36(8)50(48(33-71-17-16-35(6)7)49(69)26-38-22-41(62(66,67)68)29-42(63)25-38)52(60(82)83)51(53(54)58(79)76(20-11-3)21-12-4)39(15-14-37-23-43(64)30-44(65)24-37)31-72-32-45-34-74(13-5)61(84)85-45/h22-25,27-30,35,39,45,48-49,71-73H,9-21,26,31-34,69H2,1-8H3,(H2,70,77)(H,80,81)(H,82,83)/t39-,45-,48?,49-/m0/s1. The first-order valence-corrected chi connectivity index (χ1v) is 29.1.